The summed E-state index contributed by atoms with van der Waals surface area (Å²) >= 11 is 0. The Labute approximate surface area is 151 Å². The summed E-state index contributed by atoms with van der Waals surface area (Å²) in [4.78, 5) is 22.0. The van der Waals surface area contributed by atoms with E-state index in [9.17, 15) is 23.3 Å². The van der Waals surface area contributed by atoms with Crippen molar-refractivity contribution in [3.8, 4) is 0 Å². The predicted molar refractivity (Wildman–Crippen MR) is 95.5 cm³/mol. The first-order chi connectivity index (χ1) is 12.3. The largest absolute Gasteiger partial charge is 0.462 e. The Kier molecular flexibility index (Phi) is 6.29. The molecule has 0 spiro atoms. The maximum atomic E-state index is 12.5. The number of unbranched alkanes of at least 4 members (excludes halogenated alkanes) is 1. The summed E-state index contributed by atoms with van der Waals surface area (Å²) in [5.74, 6) is -0.643. The van der Waals surface area contributed by atoms with Crippen molar-refractivity contribution in [2.45, 2.75) is 24.7 Å². The minimum Gasteiger partial charge on any atom is -0.462 e. The minimum absolute atomic E-state index is 0.0421. The van der Waals surface area contributed by atoms with Crippen LogP contribution in [0.1, 0.15) is 30.1 Å². The molecule has 0 aliphatic heterocycles. The van der Waals surface area contributed by atoms with E-state index < -0.39 is 20.9 Å². The van der Waals surface area contributed by atoms with Crippen LogP contribution in [0, 0.1) is 10.1 Å². The van der Waals surface area contributed by atoms with Crippen molar-refractivity contribution in [3.05, 3.63) is 64.2 Å². The molecule has 138 valence electrons. The molecular formula is C17H18N2O6S. The van der Waals surface area contributed by atoms with E-state index in [0.29, 0.717) is 6.42 Å². The van der Waals surface area contributed by atoms with Gasteiger partial charge in [-0.3, -0.25) is 14.8 Å². The molecule has 0 saturated heterocycles. The number of ether oxygens (including phenoxy) is 1. The third-order valence-corrected chi connectivity index (χ3v) is 4.82. The van der Waals surface area contributed by atoms with Crippen molar-refractivity contribution in [2.75, 3.05) is 11.3 Å². The van der Waals surface area contributed by atoms with Crippen LogP contribution < -0.4 is 4.72 Å². The highest BCUT2D eigenvalue weighted by atomic mass is 32.2. The summed E-state index contributed by atoms with van der Waals surface area (Å²) in [6.45, 7) is 2.19. The monoisotopic (exact) mass is 378 g/mol. The number of carbonyl (C=O) groups excluding carboxylic acids is 1. The third kappa shape index (κ3) is 4.79. The van der Waals surface area contributed by atoms with Gasteiger partial charge in [-0.25, -0.2) is 13.2 Å². The summed E-state index contributed by atoms with van der Waals surface area (Å²) in [6, 6.07) is 10.7. The summed E-state index contributed by atoms with van der Waals surface area (Å²) in [5.41, 5.74) is -0.238. The molecular weight excluding hydrogens is 360 g/mol. The molecule has 9 heteroatoms. The van der Waals surface area contributed by atoms with E-state index in [1.165, 1.54) is 30.3 Å². The van der Waals surface area contributed by atoms with Gasteiger partial charge in [0.15, 0.2) is 0 Å². The Bertz CT molecular complexity index is 911. The number of hydrogen-bond donors (Lipinski definition) is 1. The molecule has 26 heavy (non-hydrogen) atoms. The second kappa shape index (κ2) is 8.43. The van der Waals surface area contributed by atoms with Crippen LogP contribution in [0.2, 0.25) is 0 Å². The first-order valence-electron chi connectivity index (χ1n) is 7.88. The Morgan fingerprint density at radius 2 is 1.92 bits per heavy atom. The molecule has 2 aromatic carbocycles. The van der Waals surface area contributed by atoms with Crippen LogP contribution in [0.15, 0.2) is 53.4 Å². The number of anilines is 1. The van der Waals surface area contributed by atoms with Crippen molar-refractivity contribution < 1.29 is 22.9 Å². The molecule has 2 aromatic rings. The van der Waals surface area contributed by atoms with Crippen LogP contribution >= 0.6 is 0 Å². The predicted octanol–water partition coefficient (Wildman–Crippen LogP) is 3.35. The lowest BCUT2D eigenvalue weighted by molar-refractivity contribution is -0.385. The first-order valence-corrected chi connectivity index (χ1v) is 9.37. The topological polar surface area (TPSA) is 116 Å². The van der Waals surface area contributed by atoms with Crippen LogP contribution in [0.25, 0.3) is 0 Å². The SMILES string of the molecule is CCCCOC(=O)c1ccccc1NS(=O)(=O)c1cccc([N+](=O)[O-])c1. The smallest absolute Gasteiger partial charge is 0.340 e. The number of carbonyl (C=O) groups is 1. The number of hydrogen-bond acceptors (Lipinski definition) is 6. The number of nitro groups is 1. The fraction of sp³-hybridized carbons (Fsp3) is 0.235. The standard InChI is InChI=1S/C17H18N2O6S/c1-2-3-11-25-17(20)15-9-4-5-10-16(15)18-26(23,24)14-8-6-7-13(12-14)19(21)22/h4-10,12,18H,2-3,11H2,1H3. The zero-order chi connectivity index (χ0) is 19.2. The Morgan fingerprint density at radius 1 is 1.19 bits per heavy atom. The van der Waals surface area contributed by atoms with E-state index in [1.807, 2.05) is 6.92 Å². The summed E-state index contributed by atoms with van der Waals surface area (Å²) < 4.78 is 32.5. The van der Waals surface area contributed by atoms with Gasteiger partial charge < -0.3 is 4.74 Å². The van der Waals surface area contributed by atoms with Gasteiger partial charge in [-0.05, 0) is 24.6 Å². The Hall–Kier alpha value is -2.94. The molecule has 0 aliphatic carbocycles. The van der Waals surface area contributed by atoms with Crippen molar-refractivity contribution in [1.29, 1.82) is 0 Å². The molecule has 0 bridgehead atoms. The highest BCUT2D eigenvalue weighted by Gasteiger charge is 2.21. The van der Waals surface area contributed by atoms with Crippen molar-refractivity contribution in [2.24, 2.45) is 0 Å². The van der Waals surface area contributed by atoms with E-state index in [1.54, 1.807) is 12.1 Å². The van der Waals surface area contributed by atoms with E-state index in [0.717, 1.165) is 12.5 Å². The van der Waals surface area contributed by atoms with Crippen molar-refractivity contribution in [1.82, 2.24) is 0 Å². The van der Waals surface area contributed by atoms with Crippen LogP contribution in [0.5, 0.6) is 0 Å². The molecule has 0 aromatic heterocycles. The molecule has 0 atom stereocenters. The number of non-ortho nitro benzene ring substituents is 1. The Morgan fingerprint density at radius 3 is 2.62 bits per heavy atom. The maximum absolute atomic E-state index is 12.5. The van der Waals surface area contributed by atoms with Crippen LogP contribution in [0.3, 0.4) is 0 Å². The van der Waals surface area contributed by atoms with E-state index in [-0.39, 0.29) is 28.4 Å². The highest BCUT2D eigenvalue weighted by Crippen LogP contribution is 2.23. The molecule has 0 amide bonds. The molecule has 0 unspecified atom stereocenters. The van der Waals surface area contributed by atoms with Gasteiger partial charge in [0.2, 0.25) is 0 Å². The van der Waals surface area contributed by atoms with Gasteiger partial charge >= 0.3 is 5.97 Å². The van der Waals surface area contributed by atoms with E-state index in [2.05, 4.69) is 4.72 Å². The molecule has 1 N–H and O–H groups in total. The number of sulfonamides is 1. The van der Waals surface area contributed by atoms with Crippen LogP contribution in [-0.2, 0) is 14.8 Å². The number of para-hydroxylation sites is 1. The van der Waals surface area contributed by atoms with Gasteiger partial charge in [0.1, 0.15) is 0 Å². The van der Waals surface area contributed by atoms with E-state index >= 15 is 0 Å². The zero-order valence-corrected chi connectivity index (χ0v) is 14.9. The van der Waals surface area contributed by atoms with Gasteiger partial charge in [-0.1, -0.05) is 31.5 Å². The lowest BCUT2D eigenvalue weighted by Crippen LogP contribution is -2.17. The normalized spacial score (nSPS) is 11.0. The average molecular weight is 378 g/mol. The van der Waals surface area contributed by atoms with Crippen molar-refractivity contribution in [3.63, 3.8) is 0 Å². The third-order valence-electron chi connectivity index (χ3n) is 3.46. The van der Waals surface area contributed by atoms with Gasteiger partial charge in [0.05, 0.1) is 27.7 Å². The first kappa shape index (κ1) is 19.4. The highest BCUT2D eigenvalue weighted by molar-refractivity contribution is 7.92. The lowest BCUT2D eigenvalue weighted by Gasteiger charge is -2.12. The number of nitro benzene ring substituents is 1. The molecule has 8 nitrogen and oxygen atoms in total. The Balaban J connectivity index is 2.29. The fourth-order valence-corrected chi connectivity index (χ4v) is 3.22. The molecule has 0 radical (unpaired) electrons. The second-order valence-corrected chi connectivity index (χ2v) is 7.08. The summed E-state index contributed by atoms with van der Waals surface area (Å²) in [7, 11) is -4.11. The summed E-state index contributed by atoms with van der Waals surface area (Å²) in [6.07, 6.45) is 1.56. The van der Waals surface area contributed by atoms with Gasteiger partial charge in [0.25, 0.3) is 15.7 Å². The quantitative estimate of drug-likeness (QED) is 0.326. The molecule has 0 fully saturated rings. The lowest BCUT2D eigenvalue weighted by atomic mass is 10.2. The van der Waals surface area contributed by atoms with Crippen LogP contribution in [0.4, 0.5) is 11.4 Å². The average Bonchev–Trinajstić information content (AvgIpc) is 2.62. The fourth-order valence-electron chi connectivity index (χ4n) is 2.10. The maximum Gasteiger partial charge on any atom is 0.340 e. The van der Waals surface area contributed by atoms with Crippen LogP contribution in [-0.4, -0.2) is 25.9 Å². The second-order valence-electron chi connectivity index (χ2n) is 5.40. The molecule has 0 heterocycles. The van der Waals surface area contributed by atoms with Crippen molar-refractivity contribution >= 4 is 27.4 Å². The van der Waals surface area contributed by atoms with Gasteiger partial charge in [-0.15, -0.1) is 0 Å². The van der Waals surface area contributed by atoms with Gasteiger partial charge in [-0.2, -0.15) is 0 Å². The number of benzene rings is 2. The molecule has 0 saturated carbocycles. The number of esters is 1. The minimum atomic E-state index is -4.11. The zero-order valence-electron chi connectivity index (χ0n) is 14.0. The number of rotatable bonds is 8. The number of nitrogens with zero attached hydrogens (tertiary/aromatic N) is 1. The molecule has 0 aliphatic rings. The van der Waals surface area contributed by atoms with E-state index in [4.69, 9.17) is 4.74 Å². The summed E-state index contributed by atoms with van der Waals surface area (Å²) in [5, 5.41) is 10.8. The molecule has 2 rings (SSSR count). The number of nitrogens with one attached hydrogen (secondary N) is 1. The van der Waals surface area contributed by atoms with Gasteiger partial charge in [0, 0.05) is 12.1 Å².